The summed E-state index contributed by atoms with van der Waals surface area (Å²) in [5, 5.41) is 13.1. The van der Waals surface area contributed by atoms with E-state index in [1.807, 2.05) is 24.3 Å². The molecule has 2 N–H and O–H groups in total. The molecule has 5 heteroatoms. The van der Waals surface area contributed by atoms with Crippen molar-refractivity contribution in [1.29, 1.82) is 0 Å². The molecule has 5 aromatic rings. The zero-order valence-electron chi connectivity index (χ0n) is 26.3. The molecule has 0 fully saturated rings. The van der Waals surface area contributed by atoms with Crippen molar-refractivity contribution in [3.8, 4) is 28.0 Å². The first kappa shape index (κ1) is 31.3. The zero-order valence-corrected chi connectivity index (χ0v) is 26.3. The van der Waals surface area contributed by atoms with E-state index in [0.717, 1.165) is 30.7 Å². The molecule has 5 nitrogen and oxygen atoms in total. The summed E-state index contributed by atoms with van der Waals surface area (Å²) >= 11 is 0. The molecular formula is C41H41NO4. The first-order valence-corrected chi connectivity index (χ1v) is 16.2. The van der Waals surface area contributed by atoms with Gasteiger partial charge in [0, 0.05) is 32.0 Å². The highest BCUT2D eigenvalue weighted by atomic mass is 16.5. The van der Waals surface area contributed by atoms with E-state index in [9.17, 15) is 9.90 Å². The number of rotatable bonds is 13. The standard InChI is InChI=1S/C41H41NO4/c1-2-45-40(41(43)44)25-29-13-21-36(22-14-29)46-24-23-42-28-39-37-26-34(30-9-5-3-6-10-30)19-17-32(37)15-16-33-18-20-35(27-38(33)39)31-11-7-4-8-12-31/h3-14,17-22,26-27,39-40,42H,2,15-16,23-25,28H2,1H3,(H,43,44). The van der Waals surface area contributed by atoms with Gasteiger partial charge in [0.2, 0.25) is 0 Å². The lowest BCUT2D eigenvalue weighted by molar-refractivity contribution is -0.149. The maximum atomic E-state index is 11.4. The van der Waals surface area contributed by atoms with Crippen molar-refractivity contribution in [2.45, 2.75) is 38.2 Å². The summed E-state index contributed by atoms with van der Waals surface area (Å²) in [4.78, 5) is 11.4. The van der Waals surface area contributed by atoms with Gasteiger partial charge in [0.05, 0.1) is 0 Å². The molecule has 234 valence electrons. The quantitative estimate of drug-likeness (QED) is 0.132. The number of carboxylic acids is 1. The molecule has 0 saturated heterocycles. The summed E-state index contributed by atoms with van der Waals surface area (Å²) in [6.45, 7) is 4.19. The Morgan fingerprint density at radius 3 is 1.85 bits per heavy atom. The van der Waals surface area contributed by atoms with E-state index in [2.05, 4.69) is 102 Å². The molecule has 1 aliphatic rings. The number of hydrogen-bond acceptors (Lipinski definition) is 4. The van der Waals surface area contributed by atoms with Crippen LogP contribution in [-0.4, -0.2) is 43.5 Å². The van der Waals surface area contributed by atoms with Crippen molar-refractivity contribution in [3.05, 3.63) is 149 Å². The summed E-state index contributed by atoms with van der Waals surface area (Å²) < 4.78 is 11.4. The largest absolute Gasteiger partial charge is 0.492 e. The van der Waals surface area contributed by atoms with Crippen LogP contribution in [0.25, 0.3) is 22.3 Å². The minimum Gasteiger partial charge on any atom is -0.492 e. The molecule has 1 atom stereocenters. The lowest BCUT2D eigenvalue weighted by Gasteiger charge is -2.23. The minimum absolute atomic E-state index is 0.201. The Balaban J connectivity index is 1.18. The first-order valence-electron chi connectivity index (χ1n) is 16.2. The van der Waals surface area contributed by atoms with E-state index >= 15 is 0 Å². The molecule has 0 radical (unpaired) electrons. The Labute approximate surface area is 271 Å². The molecule has 5 aromatic carbocycles. The number of fused-ring (bicyclic) bond motifs is 2. The lowest BCUT2D eigenvalue weighted by atomic mass is 9.85. The minimum atomic E-state index is -0.945. The average Bonchev–Trinajstić information content (AvgIpc) is 3.25. The Kier molecular flexibility index (Phi) is 10.2. The molecule has 46 heavy (non-hydrogen) atoms. The smallest absolute Gasteiger partial charge is 0.333 e. The van der Waals surface area contributed by atoms with Crippen LogP contribution in [0.15, 0.2) is 121 Å². The summed E-state index contributed by atoms with van der Waals surface area (Å²) in [7, 11) is 0. The van der Waals surface area contributed by atoms with Crippen LogP contribution in [0.5, 0.6) is 5.75 Å². The maximum Gasteiger partial charge on any atom is 0.333 e. The summed E-state index contributed by atoms with van der Waals surface area (Å²) in [5.74, 6) is 0.0189. The number of hydrogen-bond donors (Lipinski definition) is 2. The molecule has 0 aliphatic heterocycles. The fourth-order valence-electron chi connectivity index (χ4n) is 6.41. The third-order valence-electron chi connectivity index (χ3n) is 8.80. The van der Waals surface area contributed by atoms with E-state index in [0.29, 0.717) is 26.2 Å². The van der Waals surface area contributed by atoms with Gasteiger partial charge in [-0.3, -0.25) is 0 Å². The van der Waals surface area contributed by atoms with E-state index in [1.54, 1.807) is 6.92 Å². The predicted octanol–water partition coefficient (Wildman–Crippen LogP) is 7.95. The molecule has 1 aliphatic carbocycles. The molecule has 0 bridgehead atoms. The van der Waals surface area contributed by atoms with Gasteiger partial charge in [-0.05, 0) is 82.0 Å². The Hall–Kier alpha value is -4.71. The second-order valence-corrected chi connectivity index (χ2v) is 11.8. The van der Waals surface area contributed by atoms with E-state index in [-0.39, 0.29) is 5.92 Å². The van der Waals surface area contributed by atoms with Crippen molar-refractivity contribution >= 4 is 5.97 Å². The molecule has 0 heterocycles. The molecule has 1 unspecified atom stereocenters. The SMILES string of the molecule is CCOC(Cc1ccc(OCCNCC2c3cc(-c4ccccc4)ccc3CCc3ccc(-c4ccccc4)cc32)cc1)C(=O)O. The van der Waals surface area contributed by atoms with Gasteiger partial charge in [0.25, 0.3) is 0 Å². The van der Waals surface area contributed by atoms with Gasteiger partial charge in [0.15, 0.2) is 6.10 Å². The number of ether oxygens (including phenoxy) is 2. The number of carbonyl (C=O) groups is 1. The third-order valence-corrected chi connectivity index (χ3v) is 8.80. The van der Waals surface area contributed by atoms with Crippen LogP contribution >= 0.6 is 0 Å². The van der Waals surface area contributed by atoms with E-state index in [1.165, 1.54) is 44.5 Å². The number of nitrogens with one attached hydrogen (secondary N) is 1. The number of aliphatic carboxylic acids is 1. The van der Waals surface area contributed by atoms with Gasteiger partial charge in [-0.15, -0.1) is 0 Å². The van der Waals surface area contributed by atoms with Crippen LogP contribution < -0.4 is 10.1 Å². The predicted molar refractivity (Wildman–Crippen MR) is 185 cm³/mol. The first-order chi connectivity index (χ1) is 22.6. The lowest BCUT2D eigenvalue weighted by Crippen LogP contribution is -2.27. The zero-order chi connectivity index (χ0) is 31.7. The summed E-state index contributed by atoms with van der Waals surface area (Å²) in [6.07, 6.45) is 1.53. The Morgan fingerprint density at radius 1 is 0.761 bits per heavy atom. The fourth-order valence-corrected chi connectivity index (χ4v) is 6.41. The number of carboxylic acid groups (broad SMARTS) is 1. The third kappa shape index (κ3) is 7.56. The van der Waals surface area contributed by atoms with Crippen molar-refractivity contribution in [1.82, 2.24) is 5.32 Å². The topological polar surface area (TPSA) is 67.8 Å². The fraction of sp³-hybridized carbons (Fsp3) is 0.244. The summed E-state index contributed by atoms with van der Waals surface area (Å²) in [5.41, 5.74) is 11.5. The highest BCUT2D eigenvalue weighted by Gasteiger charge is 2.25. The van der Waals surface area contributed by atoms with Crippen molar-refractivity contribution in [2.75, 3.05) is 26.3 Å². The molecule has 0 saturated carbocycles. The second-order valence-electron chi connectivity index (χ2n) is 11.8. The van der Waals surface area contributed by atoms with Gasteiger partial charge in [-0.2, -0.15) is 0 Å². The monoisotopic (exact) mass is 611 g/mol. The van der Waals surface area contributed by atoms with E-state index in [4.69, 9.17) is 9.47 Å². The van der Waals surface area contributed by atoms with Gasteiger partial charge in [0.1, 0.15) is 12.4 Å². The van der Waals surface area contributed by atoms with Crippen LogP contribution in [0.4, 0.5) is 0 Å². The van der Waals surface area contributed by atoms with Crippen LogP contribution in [0.3, 0.4) is 0 Å². The molecule has 0 amide bonds. The number of aryl methyl sites for hydroxylation is 2. The van der Waals surface area contributed by atoms with Crippen LogP contribution in [-0.2, 0) is 28.8 Å². The maximum absolute atomic E-state index is 11.4. The normalized spacial score (nSPS) is 13.3. The molecule has 6 rings (SSSR count). The van der Waals surface area contributed by atoms with Crippen LogP contribution in [0.1, 0.15) is 40.7 Å². The van der Waals surface area contributed by atoms with Gasteiger partial charge in [-0.1, -0.05) is 109 Å². The van der Waals surface area contributed by atoms with E-state index < -0.39 is 12.1 Å². The average molecular weight is 612 g/mol. The van der Waals surface area contributed by atoms with Gasteiger partial charge < -0.3 is 19.9 Å². The number of benzene rings is 5. The highest BCUT2D eigenvalue weighted by molar-refractivity contribution is 5.73. The molecule has 0 spiro atoms. The second kappa shape index (κ2) is 15.0. The van der Waals surface area contributed by atoms with Gasteiger partial charge >= 0.3 is 5.97 Å². The van der Waals surface area contributed by atoms with Crippen LogP contribution in [0, 0.1) is 0 Å². The Bertz CT molecular complexity index is 1640. The Morgan fingerprint density at radius 2 is 1.33 bits per heavy atom. The van der Waals surface area contributed by atoms with Crippen molar-refractivity contribution < 1.29 is 19.4 Å². The molecule has 0 aromatic heterocycles. The van der Waals surface area contributed by atoms with Crippen molar-refractivity contribution in [2.24, 2.45) is 0 Å². The molecular weight excluding hydrogens is 570 g/mol. The highest BCUT2D eigenvalue weighted by Crippen LogP contribution is 2.38. The van der Waals surface area contributed by atoms with Crippen molar-refractivity contribution in [3.63, 3.8) is 0 Å². The van der Waals surface area contributed by atoms with Crippen LogP contribution in [0.2, 0.25) is 0 Å². The van der Waals surface area contributed by atoms with Gasteiger partial charge in [-0.25, -0.2) is 4.79 Å². The summed E-state index contributed by atoms with van der Waals surface area (Å²) in [6, 6.07) is 42.9.